The van der Waals surface area contributed by atoms with Crippen LogP contribution in [0.15, 0.2) is 102 Å². The third-order valence-electron chi connectivity index (χ3n) is 5.21. The first-order chi connectivity index (χ1) is 16.2. The SMILES string of the molecule is CCc1nccc(-c2cccnc2Oc2ccc(-n3ccn(-c4ccccc4)c3=O)cc2)n1. The molecule has 0 amide bonds. The zero-order valence-electron chi connectivity index (χ0n) is 18.0. The first-order valence-corrected chi connectivity index (χ1v) is 10.6. The van der Waals surface area contributed by atoms with Gasteiger partial charge < -0.3 is 4.74 Å². The Hall–Kier alpha value is -4.52. The largest absolute Gasteiger partial charge is 0.438 e. The van der Waals surface area contributed by atoms with Gasteiger partial charge in [-0.25, -0.2) is 19.7 Å². The Bertz CT molecular complexity index is 1440. The van der Waals surface area contributed by atoms with E-state index in [4.69, 9.17) is 4.74 Å². The van der Waals surface area contributed by atoms with E-state index in [1.807, 2.05) is 79.7 Å². The van der Waals surface area contributed by atoms with Crippen LogP contribution in [0.5, 0.6) is 11.6 Å². The number of para-hydroxylation sites is 1. The van der Waals surface area contributed by atoms with Crippen LogP contribution >= 0.6 is 0 Å². The van der Waals surface area contributed by atoms with Crippen LogP contribution < -0.4 is 10.4 Å². The highest BCUT2D eigenvalue weighted by Gasteiger charge is 2.12. The summed E-state index contributed by atoms with van der Waals surface area (Å²) in [5.41, 5.74) is 2.97. The number of aryl methyl sites for hydroxylation is 1. The molecule has 0 aliphatic rings. The van der Waals surface area contributed by atoms with Crippen LogP contribution in [0.3, 0.4) is 0 Å². The van der Waals surface area contributed by atoms with Crippen LogP contribution in [-0.2, 0) is 6.42 Å². The number of aromatic nitrogens is 5. The monoisotopic (exact) mass is 435 g/mol. The Labute approximate surface area is 190 Å². The van der Waals surface area contributed by atoms with Crippen molar-refractivity contribution in [1.82, 2.24) is 24.1 Å². The van der Waals surface area contributed by atoms with Crippen LogP contribution in [0.25, 0.3) is 22.6 Å². The van der Waals surface area contributed by atoms with Crippen molar-refractivity contribution in [2.75, 3.05) is 0 Å². The Balaban J connectivity index is 1.41. The lowest BCUT2D eigenvalue weighted by molar-refractivity contribution is 0.464. The molecule has 0 fully saturated rings. The predicted octanol–water partition coefficient (Wildman–Crippen LogP) is 4.83. The van der Waals surface area contributed by atoms with E-state index >= 15 is 0 Å². The van der Waals surface area contributed by atoms with E-state index in [2.05, 4.69) is 15.0 Å². The average Bonchev–Trinajstić information content (AvgIpc) is 3.26. The second-order valence-corrected chi connectivity index (χ2v) is 7.32. The lowest BCUT2D eigenvalue weighted by Gasteiger charge is -2.10. The molecule has 0 unspecified atom stereocenters. The van der Waals surface area contributed by atoms with E-state index in [9.17, 15) is 4.79 Å². The second-order valence-electron chi connectivity index (χ2n) is 7.32. The summed E-state index contributed by atoms with van der Waals surface area (Å²) in [5.74, 6) is 1.83. The summed E-state index contributed by atoms with van der Waals surface area (Å²) in [4.78, 5) is 26.1. The first-order valence-electron chi connectivity index (χ1n) is 10.6. The van der Waals surface area contributed by atoms with E-state index in [-0.39, 0.29) is 5.69 Å². The normalized spacial score (nSPS) is 10.8. The minimum absolute atomic E-state index is 0.141. The molecule has 0 N–H and O–H groups in total. The summed E-state index contributed by atoms with van der Waals surface area (Å²) in [6, 6.07) is 22.5. The molecule has 0 saturated heterocycles. The Morgan fingerprint density at radius 1 is 0.788 bits per heavy atom. The number of benzene rings is 2. The standard InChI is InChI=1S/C26H21N5O2/c1-2-24-27-16-14-23(29-24)22-9-6-15-28-25(22)33-21-12-10-20(11-13-21)31-18-17-30(26(31)32)19-7-4-3-5-8-19/h3-18H,2H2,1H3. The van der Waals surface area contributed by atoms with E-state index in [0.29, 0.717) is 11.6 Å². The van der Waals surface area contributed by atoms with Gasteiger partial charge >= 0.3 is 5.69 Å². The van der Waals surface area contributed by atoms with Crippen LogP contribution in [-0.4, -0.2) is 24.1 Å². The van der Waals surface area contributed by atoms with Gasteiger partial charge in [-0.15, -0.1) is 0 Å². The molecule has 3 heterocycles. The van der Waals surface area contributed by atoms with Crippen molar-refractivity contribution in [1.29, 1.82) is 0 Å². The molecule has 7 heteroatoms. The molecular weight excluding hydrogens is 414 g/mol. The average molecular weight is 435 g/mol. The molecule has 0 radical (unpaired) electrons. The van der Waals surface area contributed by atoms with Gasteiger partial charge in [0, 0.05) is 31.2 Å². The zero-order valence-corrected chi connectivity index (χ0v) is 18.0. The van der Waals surface area contributed by atoms with Crippen LogP contribution in [0.1, 0.15) is 12.7 Å². The van der Waals surface area contributed by atoms with Crippen LogP contribution in [0.2, 0.25) is 0 Å². The summed E-state index contributed by atoms with van der Waals surface area (Å²) in [6.07, 6.45) is 7.68. The highest BCUT2D eigenvalue weighted by molar-refractivity contribution is 5.65. The summed E-state index contributed by atoms with van der Waals surface area (Å²) in [6.45, 7) is 2.01. The van der Waals surface area contributed by atoms with Gasteiger partial charge in [-0.05, 0) is 54.6 Å². The summed E-state index contributed by atoms with van der Waals surface area (Å²) in [7, 11) is 0. The fourth-order valence-corrected chi connectivity index (χ4v) is 3.53. The maximum atomic E-state index is 12.9. The Morgan fingerprint density at radius 2 is 1.52 bits per heavy atom. The van der Waals surface area contributed by atoms with Crippen molar-refractivity contribution in [2.24, 2.45) is 0 Å². The van der Waals surface area contributed by atoms with Gasteiger partial charge in [0.05, 0.1) is 22.6 Å². The molecule has 0 aliphatic heterocycles. The smallest absolute Gasteiger partial charge is 0.337 e. The van der Waals surface area contributed by atoms with Gasteiger partial charge in [-0.1, -0.05) is 25.1 Å². The highest BCUT2D eigenvalue weighted by Crippen LogP contribution is 2.30. The van der Waals surface area contributed by atoms with Gasteiger partial charge in [-0.2, -0.15) is 0 Å². The van der Waals surface area contributed by atoms with Crippen molar-refractivity contribution >= 4 is 0 Å². The van der Waals surface area contributed by atoms with Gasteiger partial charge in [0.2, 0.25) is 5.88 Å². The number of nitrogens with zero attached hydrogens (tertiary/aromatic N) is 5. The fraction of sp³-hybridized carbons (Fsp3) is 0.0769. The molecule has 2 aromatic carbocycles. The summed E-state index contributed by atoms with van der Waals surface area (Å²) < 4.78 is 9.27. The van der Waals surface area contributed by atoms with Crippen LogP contribution in [0, 0.1) is 0 Å². The van der Waals surface area contributed by atoms with Crippen molar-refractivity contribution in [3.05, 3.63) is 114 Å². The lowest BCUT2D eigenvalue weighted by Crippen LogP contribution is -2.21. The van der Waals surface area contributed by atoms with Crippen molar-refractivity contribution < 1.29 is 4.74 Å². The number of pyridine rings is 1. The molecule has 0 aliphatic carbocycles. The van der Waals surface area contributed by atoms with E-state index in [1.165, 1.54) is 0 Å². The number of hydrogen-bond acceptors (Lipinski definition) is 5. The van der Waals surface area contributed by atoms with Gasteiger partial charge in [0.25, 0.3) is 0 Å². The first kappa shape index (κ1) is 20.4. The molecule has 5 aromatic rings. The van der Waals surface area contributed by atoms with E-state index in [0.717, 1.165) is 34.9 Å². The molecule has 162 valence electrons. The van der Waals surface area contributed by atoms with E-state index in [1.54, 1.807) is 33.9 Å². The fourth-order valence-electron chi connectivity index (χ4n) is 3.53. The van der Waals surface area contributed by atoms with Crippen molar-refractivity contribution in [2.45, 2.75) is 13.3 Å². The maximum absolute atomic E-state index is 12.9. The molecule has 7 nitrogen and oxygen atoms in total. The molecule has 0 spiro atoms. The molecule has 0 saturated carbocycles. The van der Waals surface area contributed by atoms with Crippen molar-refractivity contribution in [3.8, 4) is 34.3 Å². The third-order valence-corrected chi connectivity index (χ3v) is 5.21. The van der Waals surface area contributed by atoms with Crippen molar-refractivity contribution in [3.63, 3.8) is 0 Å². The molecule has 0 bridgehead atoms. The summed E-state index contributed by atoms with van der Waals surface area (Å²) >= 11 is 0. The highest BCUT2D eigenvalue weighted by atomic mass is 16.5. The summed E-state index contributed by atoms with van der Waals surface area (Å²) in [5, 5.41) is 0. The topological polar surface area (TPSA) is 74.8 Å². The minimum Gasteiger partial charge on any atom is -0.438 e. The molecule has 3 aromatic heterocycles. The van der Waals surface area contributed by atoms with Gasteiger partial charge in [0.1, 0.15) is 11.6 Å². The number of hydrogen-bond donors (Lipinski definition) is 0. The maximum Gasteiger partial charge on any atom is 0.337 e. The quantitative estimate of drug-likeness (QED) is 0.382. The molecule has 5 rings (SSSR count). The Morgan fingerprint density at radius 3 is 2.24 bits per heavy atom. The number of imidazole rings is 1. The second kappa shape index (κ2) is 8.92. The van der Waals surface area contributed by atoms with Crippen LogP contribution in [0.4, 0.5) is 0 Å². The zero-order chi connectivity index (χ0) is 22.6. The number of rotatable bonds is 6. The van der Waals surface area contributed by atoms with Gasteiger partial charge in [-0.3, -0.25) is 9.13 Å². The third kappa shape index (κ3) is 4.16. The molecule has 0 atom stereocenters. The van der Waals surface area contributed by atoms with Gasteiger partial charge in [0.15, 0.2) is 0 Å². The molecular formula is C26H21N5O2. The Kier molecular flexibility index (Phi) is 5.51. The predicted molar refractivity (Wildman–Crippen MR) is 126 cm³/mol. The lowest BCUT2D eigenvalue weighted by atomic mass is 10.2. The van der Waals surface area contributed by atoms with E-state index < -0.39 is 0 Å². The minimum atomic E-state index is -0.141. The number of ether oxygens (including phenoxy) is 1. The molecule has 33 heavy (non-hydrogen) atoms.